The van der Waals surface area contributed by atoms with Crippen molar-refractivity contribution >= 4 is 81.1 Å². The van der Waals surface area contributed by atoms with Gasteiger partial charge in [0.25, 0.3) is 6.71 Å². The molecule has 66 heavy (non-hydrogen) atoms. The Morgan fingerprint density at radius 3 is 1.56 bits per heavy atom. The maximum Gasteiger partial charge on any atom is 0.264 e. The highest BCUT2D eigenvalue weighted by Gasteiger charge is 2.51. The summed E-state index contributed by atoms with van der Waals surface area (Å²) < 4.78 is 1.50. The second kappa shape index (κ2) is 15.1. The lowest BCUT2D eigenvalue weighted by atomic mass is 9.35. The molecule has 0 atom stereocenters. The van der Waals surface area contributed by atoms with E-state index >= 15 is 0 Å². The fourth-order valence-corrected chi connectivity index (χ4v) is 13.8. The number of benzene rings is 5. The van der Waals surface area contributed by atoms with E-state index in [1.165, 1.54) is 101 Å². The van der Waals surface area contributed by atoms with Crippen LogP contribution in [0.1, 0.15) is 156 Å². The minimum atomic E-state index is -1.51. The van der Waals surface area contributed by atoms with Crippen LogP contribution in [0.25, 0.3) is 11.1 Å². The van der Waals surface area contributed by atoms with Gasteiger partial charge in [-0.3, -0.25) is 0 Å². The first-order chi connectivity index (χ1) is 30.4. The van der Waals surface area contributed by atoms with Crippen molar-refractivity contribution in [1.82, 2.24) is 0 Å². The van der Waals surface area contributed by atoms with Crippen LogP contribution in [0.4, 0.5) is 34.1 Å². The zero-order valence-electron chi connectivity index (χ0n) is 44.0. The molecule has 3 aliphatic rings. The quantitative estimate of drug-likeness (QED) is 0.162. The molecule has 0 saturated heterocycles. The normalized spacial score (nSPS) is 16.7. The molecule has 0 unspecified atom stereocenters. The Balaban J connectivity index is 1.44. The number of nitrogens with zero attached hydrogens (tertiary/aromatic N) is 2. The average molecular weight is 909 g/mol. The summed E-state index contributed by atoms with van der Waals surface area (Å²) in [5.74, 6) is 0. The molecule has 3 heterocycles. The van der Waals surface area contributed by atoms with E-state index in [2.05, 4.69) is 249 Å². The van der Waals surface area contributed by atoms with Gasteiger partial charge in [-0.05, 0) is 132 Å². The average Bonchev–Trinajstić information content (AvgIpc) is 3.63. The van der Waals surface area contributed by atoms with Gasteiger partial charge in [0.15, 0.2) is 0 Å². The van der Waals surface area contributed by atoms with E-state index in [0.29, 0.717) is 0 Å². The molecule has 5 aromatic carbocycles. The van der Waals surface area contributed by atoms with E-state index in [9.17, 15) is 0 Å². The molecular formula is C61H77BN2SSi. The van der Waals surface area contributed by atoms with Gasteiger partial charge in [-0.2, -0.15) is 11.3 Å². The zero-order valence-corrected chi connectivity index (χ0v) is 45.8. The third-order valence-electron chi connectivity index (χ3n) is 15.4. The fourth-order valence-electron chi connectivity index (χ4n) is 10.9. The van der Waals surface area contributed by atoms with E-state index in [1.54, 1.807) is 10.4 Å². The summed E-state index contributed by atoms with van der Waals surface area (Å²) in [7, 11) is -1.51. The Morgan fingerprint density at radius 1 is 0.515 bits per heavy atom. The molecule has 9 rings (SSSR count). The molecule has 1 aromatic heterocycles. The number of thiophene rings is 1. The summed E-state index contributed by atoms with van der Waals surface area (Å²) in [4.78, 5) is 7.00. The second-order valence-corrected chi connectivity index (χ2v) is 32.8. The van der Waals surface area contributed by atoms with Crippen LogP contribution in [0, 0.1) is 0 Å². The Hall–Kier alpha value is -4.32. The standard InChI is InChI=1S/C61H77BN2SSi/c1-56(2,3)39-22-26-43(27-23-39)63-49-36-42(59(10,11)12)37-50-52(49)62(55-53(63)51-54(65-55)61(15,16)33-32-60(51,13)14)46-35-41(58(7,8)9)25-31-48(46)64(50)47-30-24-40(57(4,5)6)34-45(47)38-20-28-44(29-21-38)66(17,18)19/h20-31,34-37H,32-33H2,1-19H3. The third kappa shape index (κ3) is 7.77. The molecule has 0 spiro atoms. The van der Waals surface area contributed by atoms with E-state index in [-0.39, 0.29) is 39.2 Å². The first-order valence-corrected chi connectivity index (χ1v) is 29.2. The van der Waals surface area contributed by atoms with E-state index in [4.69, 9.17) is 0 Å². The zero-order chi connectivity index (χ0) is 48.1. The highest BCUT2D eigenvalue weighted by atomic mass is 32.1. The Bertz CT molecular complexity index is 2880. The minimum Gasteiger partial charge on any atom is -0.311 e. The van der Waals surface area contributed by atoms with Crippen molar-refractivity contribution in [2.24, 2.45) is 0 Å². The second-order valence-electron chi connectivity index (χ2n) is 26.7. The number of hydrogen-bond acceptors (Lipinski definition) is 3. The summed E-state index contributed by atoms with van der Waals surface area (Å²) in [5.41, 5.74) is 20.2. The van der Waals surface area contributed by atoms with Crippen molar-refractivity contribution in [3.05, 3.63) is 130 Å². The van der Waals surface area contributed by atoms with E-state index in [1.807, 2.05) is 0 Å². The Morgan fingerprint density at radius 2 is 1.02 bits per heavy atom. The van der Waals surface area contributed by atoms with Crippen LogP contribution in [0.5, 0.6) is 0 Å². The number of rotatable bonds is 4. The summed E-state index contributed by atoms with van der Waals surface area (Å²) >= 11 is 2.13. The number of fused-ring (bicyclic) bond motifs is 6. The molecule has 5 heteroatoms. The SMILES string of the molecule is CC(C)(C)c1ccc(N2c3cc(C(C)(C)C)cc4c3B(c3cc(C(C)(C)C)ccc3N4c3ccc(C(C)(C)C)cc3-c3ccc([Si](C)(C)C)cc3)c3sc4c(c32)C(C)(C)CCC4(C)C)cc1. The summed E-state index contributed by atoms with van der Waals surface area (Å²) in [6.45, 7) is 45.8. The summed E-state index contributed by atoms with van der Waals surface area (Å²) in [5, 5.41) is 1.49. The van der Waals surface area contributed by atoms with Crippen molar-refractivity contribution in [2.45, 2.75) is 176 Å². The maximum absolute atomic E-state index is 2.74. The lowest BCUT2D eigenvalue weighted by Gasteiger charge is -2.46. The van der Waals surface area contributed by atoms with Crippen LogP contribution < -0.4 is 30.7 Å². The number of hydrogen-bond donors (Lipinski definition) is 0. The summed E-state index contributed by atoms with van der Waals surface area (Å²) in [6, 6.07) is 39.3. The lowest BCUT2D eigenvalue weighted by molar-refractivity contribution is 0.339. The fraction of sp³-hybridized carbons (Fsp3) is 0.443. The third-order valence-corrected chi connectivity index (χ3v) is 19.1. The van der Waals surface area contributed by atoms with Crippen LogP contribution >= 0.6 is 11.3 Å². The van der Waals surface area contributed by atoms with Gasteiger partial charge in [0.1, 0.15) is 0 Å². The monoisotopic (exact) mass is 909 g/mol. The van der Waals surface area contributed by atoms with Gasteiger partial charge >= 0.3 is 0 Å². The van der Waals surface area contributed by atoms with Crippen molar-refractivity contribution in [3.63, 3.8) is 0 Å². The molecule has 2 nitrogen and oxygen atoms in total. The van der Waals surface area contributed by atoms with Crippen LogP contribution in [0.3, 0.4) is 0 Å². The molecule has 1 aliphatic carbocycles. The van der Waals surface area contributed by atoms with Gasteiger partial charge in [0, 0.05) is 38.0 Å². The van der Waals surface area contributed by atoms with Crippen LogP contribution in [-0.2, 0) is 32.5 Å². The van der Waals surface area contributed by atoms with Crippen molar-refractivity contribution < 1.29 is 0 Å². The molecule has 0 saturated carbocycles. The molecule has 344 valence electrons. The smallest absolute Gasteiger partial charge is 0.264 e. The first kappa shape index (κ1) is 46.8. The molecule has 0 fully saturated rings. The van der Waals surface area contributed by atoms with Gasteiger partial charge in [-0.15, -0.1) is 0 Å². The molecule has 0 N–H and O–H groups in total. The molecular weight excluding hydrogens is 832 g/mol. The van der Waals surface area contributed by atoms with Crippen LogP contribution in [0.2, 0.25) is 19.6 Å². The molecule has 2 aliphatic heterocycles. The molecule has 6 aromatic rings. The highest BCUT2D eigenvalue weighted by Crippen LogP contribution is 2.57. The predicted octanol–water partition coefficient (Wildman–Crippen LogP) is 15.6. The van der Waals surface area contributed by atoms with Crippen LogP contribution in [0.15, 0.2) is 97.1 Å². The van der Waals surface area contributed by atoms with Gasteiger partial charge in [0.2, 0.25) is 0 Å². The molecule has 0 amide bonds. The number of anilines is 6. The van der Waals surface area contributed by atoms with Crippen molar-refractivity contribution in [3.8, 4) is 11.1 Å². The van der Waals surface area contributed by atoms with Crippen LogP contribution in [-0.4, -0.2) is 14.8 Å². The maximum atomic E-state index is 2.74. The van der Waals surface area contributed by atoms with Gasteiger partial charge in [-0.25, -0.2) is 0 Å². The van der Waals surface area contributed by atoms with Gasteiger partial charge in [0.05, 0.1) is 19.4 Å². The molecule has 0 bridgehead atoms. The van der Waals surface area contributed by atoms with Gasteiger partial charge in [-0.1, -0.05) is 190 Å². The lowest BCUT2D eigenvalue weighted by Crippen LogP contribution is -2.61. The topological polar surface area (TPSA) is 6.48 Å². The van der Waals surface area contributed by atoms with Gasteiger partial charge < -0.3 is 9.80 Å². The Labute approximate surface area is 405 Å². The summed E-state index contributed by atoms with van der Waals surface area (Å²) in [6.07, 6.45) is 2.36. The van der Waals surface area contributed by atoms with Crippen molar-refractivity contribution in [2.75, 3.05) is 9.80 Å². The first-order valence-electron chi connectivity index (χ1n) is 24.8. The predicted molar refractivity (Wildman–Crippen MR) is 297 cm³/mol. The largest absolute Gasteiger partial charge is 0.311 e. The Kier molecular flexibility index (Phi) is 10.7. The highest BCUT2D eigenvalue weighted by molar-refractivity contribution is 7.29. The van der Waals surface area contributed by atoms with E-state index in [0.717, 1.165) is 0 Å². The van der Waals surface area contributed by atoms with E-state index < -0.39 is 8.07 Å². The minimum absolute atomic E-state index is 0.0113. The molecule has 0 radical (unpaired) electrons. The van der Waals surface area contributed by atoms with Crippen molar-refractivity contribution in [1.29, 1.82) is 0 Å².